The third-order valence-corrected chi connectivity index (χ3v) is 4.14. The minimum Gasteiger partial charge on any atom is -0.460 e. The van der Waals surface area contributed by atoms with Gasteiger partial charge in [-0.25, -0.2) is 4.79 Å². The quantitative estimate of drug-likeness (QED) is 0.500. The third-order valence-electron chi connectivity index (χ3n) is 2.52. The molecule has 0 aliphatic rings. The first-order valence-corrected chi connectivity index (χ1v) is 7.74. The molecule has 0 spiro atoms. The lowest BCUT2D eigenvalue weighted by molar-refractivity contribution is 0.0509. The number of hydrogen-bond acceptors (Lipinski definition) is 6. The zero-order chi connectivity index (χ0) is 14.1. The molecule has 1 aromatic carbocycles. The molecule has 0 fully saturated rings. The van der Waals surface area contributed by atoms with E-state index < -0.39 is 5.97 Å². The summed E-state index contributed by atoms with van der Waals surface area (Å²) in [6.07, 6.45) is 0. The lowest BCUT2D eigenvalue weighted by Gasteiger charge is -1.97. The summed E-state index contributed by atoms with van der Waals surface area (Å²) < 4.78 is 7.48. The Morgan fingerprint density at radius 3 is 3.05 bits per heavy atom. The van der Waals surface area contributed by atoms with Crippen LogP contribution in [-0.4, -0.2) is 32.4 Å². The number of hydrogen-bond donors (Lipinski definition) is 0. The predicted molar refractivity (Wildman–Crippen MR) is 82.8 cm³/mol. The average Bonchev–Trinajstić information content (AvgIpc) is 2.98. The fourth-order valence-electron chi connectivity index (χ4n) is 1.68. The number of aromatic nitrogens is 4. The average molecular weight is 400 g/mol. The summed E-state index contributed by atoms with van der Waals surface area (Å²) in [6.45, 7) is 2.04. The number of nitrogens with zero attached hydrogens (tertiary/aromatic N) is 4. The molecule has 0 unspecified atom stereocenters. The monoisotopic (exact) mass is 400 g/mol. The van der Waals surface area contributed by atoms with E-state index >= 15 is 0 Å². The number of carbonyl (C=O) groups is 1. The van der Waals surface area contributed by atoms with Crippen LogP contribution in [0.3, 0.4) is 0 Å². The number of benzene rings is 1. The van der Waals surface area contributed by atoms with Gasteiger partial charge in [-0.3, -0.25) is 0 Å². The summed E-state index contributed by atoms with van der Waals surface area (Å²) in [5, 5.41) is 13.0. The number of fused-ring (bicyclic) bond motifs is 1. The molecule has 0 atom stereocenters. The lowest BCUT2D eigenvalue weighted by atomic mass is 10.2. The Morgan fingerprint density at radius 1 is 1.45 bits per heavy atom. The topological polar surface area (TPSA) is 69.4 Å². The van der Waals surface area contributed by atoms with Crippen molar-refractivity contribution in [1.82, 2.24) is 19.8 Å². The molecule has 2 heterocycles. The number of carbonyl (C=O) groups excluding carboxylic acids is 1. The number of rotatable bonds is 3. The number of halogens is 1. The van der Waals surface area contributed by atoms with Crippen LogP contribution in [-0.2, 0) is 4.74 Å². The van der Waals surface area contributed by atoms with Crippen molar-refractivity contribution in [3.05, 3.63) is 33.7 Å². The Morgan fingerprint density at radius 2 is 2.30 bits per heavy atom. The van der Waals surface area contributed by atoms with Gasteiger partial charge < -0.3 is 4.74 Å². The van der Waals surface area contributed by atoms with Crippen molar-refractivity contribution >= 4 is 44.9 Å². The van der Waals surface area contributed by atoms with E-state index in [2.05, 4.69) is 37.9 Å². The molecule has 0 amide bonds. The molecule has 0 radical (unpaired) electrons. The molecule has 8 heteroatoms. The molecule has 6 nitrogen and oxygen atoms in total. The normalized spacial score (nSPS) is 10.9. The maximum atomic E-state index is 11.7. The smallest absolute Gasteiger partial charge is 0.378 e. The van der Waals surface area contributed by atoms with Crippen molar-refractivity contribution in [1.29, 1.82) is 0 Å². The van der Waals surface area contributed by atoms with E-state index in [1.807, 2.05) is 24.3 Å². The Labute approximate surface area is 131 Å². The minimum absolute atomic E-state index is 0.106. The highest BCUT2D eigenvalue weighted by molar-refractivity contribution is 14.1. The van der Waals surface area contributed by atoms with Crippen LogP contribution in [0.5, 0.6) is 0 Å². The molecule has 20 heavy (non-hydrogen) atoms. The summed E-state index contributed by atoms with van der Waals surface area (Å²) in [7, 11) is 0. The van der Waals surface area contributed by atoms with Gasteiger partial charge in [-0.05, 0) is 41.6 Å². The van der Waals surface area contributed by atoms with E-state index in [0.29, 0.717) is 11.6 Å². The maximum Gasteiger partial charge on any atom is 0.378 e. The van der Waals surface area contributed by atoms with Gasteiger partial charge >= 0.3 is 5.97 Å². The molecule has 0 bridgehead atoms. The molecule has 2 aromatic heterocycles. The second kappa shape index (κ2) is 5.44. The molecular formula is C12H9IN4O2S. The van der Waals surface area contributed by atoms with E-state index in [1.165, 1.54) is 15.9 Å². The Bertz CT molecular complexity index is 783. The zero-order valence-corrected chi connectivity index (χ0v) is 13.4. The molecule has 0 aliphatic carbocycles. The molecule has 102 valence electrons. The predicted octanol–water partition coefficient (Wildman–Crippen LogP) is 2.63. The fraction of sp³-hybridized carbons (Fsp3) is 0.167. The summed E-state index contributed by atoms with van der Waals surface area (Å²) in [4.78, 5) is 12.3. The zero-order valence-electron chi connectivity index (χ0n) is 10.4. The molecule has 0 aliphatic heterocycles. The van der Waals surface area contributed by atoms with Crippen LogP contribution in [0.1, 0.15) is 17.5 Å². The van der Waals surface area contributed by atoms with Gasteiger partial charge in [0.25, 0.3) is 5.82 Å². The molecule has 0 saturated carbocycles. The van der Waals surface area contributed by atoms with E-state index in [-0.39, 0.29) is 5.82 Å². The highest BCUT2D eigenvalue weighted by Crippen LogP contribution is 2.26. The standard InChI is InChI=1S/C12H9IN4O2S/c1-2-19-11(18)9-14-15-12-17(9)16-10(20-12)7-4-3-5-8(13)6-7/h3-6H,2H2,1H3. The van der Waals surface area contributed by atoms with Gasteiger partial charge in [-0.1, -0.05) is 23.5 Å². The van der Waals surface area contributed by atoms with E-state index in [1.54, 1.807) is 6.92 Å². The summed E-state index contributed by atoms with van der Waals surface area (Å²) >= 11 is 3.63. The van der Waals surface area contributed by atoms with Gasteiger partial charge in [0, 0.05) is 9.13 Å². The van der Waals surface area contributed by atoms with Gasteiger partial charge in [0.1, 0.15) is 5.01 Å². The molecule has 3 rings (SSSR count). The van der Waals surface area contributed by atoms with Crippen molar-refractivity contribution in [2.24, 2.45) is 0 Å². The van der Waals surface area contributed by atoms with E-state index in [4.69, 9.17) is 4.74 Å². The first-order valence-electron chi connectivity index (χ1n) is 5.84. The fourth-order valence-corrected chi connectivity index (χ4v) is 3.06. The molecule has 3 aromatic rings. The van der Waals surface area contributed by atoms with Gasteiger partial charge in [-0.15, -0.1) is 10.2 Å². The first-order chi connectivity index (χ1) is 9.69. The van der Waals surface area contributed by atoms with Crippen LogP contribution in [0.25, 0.3) is 15.5 Å². The summed E-state index contributed by atoms with van der Waals surface area (Å²) in [5.41, 5.74) is 0.988. The largest absolute Gasteiger partial charge is 0.460 e. The Balaban J connectivity index is 2.05. The Kier molecular flexibility index (Phi) is 3.66. The SMILES string of the molecule is CCOC(=O)c1nnc2sc(-c3cccc(I)c3)nn12. The highest BCUT2D eigenvalue weighted by atomic mass is 127. The van der Waals surface area contributed by atoms with Crippen LogP contribution in [0.15, 0.2) is 24.3 Å². The van der Waals surface area contributed by atoms with E-state index in [9.17, 15) is 4.79 Å². The van der Waals surface area contributed by atoms with Crippen LogP contribution >= 0.6 is 33.9 Å². The Hall–Kier alpha value is -1.55. The lowest BCUT2D eigenvalue weighted by Crippen LogP contribution is -2.10. The van der Waals surface area contributed by atoms with Gasteiger partial charge in [-0.2, -0.15) is 9.61 Å². The maximum absolute atomic E-state index is 11.7. The van der Waals surface area contributed by atoms with Crippen LogP contribution < -0.4 is 0 Å². The van der Waals surface area contributed by atoms with Gasteiger partial charge in [0.2, 0.25) is 4.96 Å². The van der Waals surface area contributed by atoms with Crippen molar-refractivity contribution in [2.75, 3.05) is 6.61 Å². The molecule has 0 N–H and O–H groups in total. The van der Waals surface area contributed by atoms with E-state index in [0.717, 1.165) is 14.1 Å². The summed E-state index contributed by atoms with van der Waals surface area (Å²) in [5.74, 6) is -0.408. The van der Waals surface area contributed by atoms with Gasteiger partial charge in [0.05, 0.1) is 6.61 Å². The van der Waals surface area contributed by atoms with Crippen LogP contribution in [0, 0.1) is 3.57 Å². The van der Waals surface area contributed by atoms with Crippen molar-refractivity contribution in [3.63, 3.8) is 0 Å². The highest BCUT2D eigenvalue weighted by Gasteiger charge is 2.19. The second-order valence-electron chi connectivity index (χ2n) is 3.86. The number of esters is 1. The summed E-state index contributed by atoms with van der Waals surface area (Å²) in [6, 6.07) is 7.97. The van der Waals surface area contributed by atoms with Crippen LogP contribution in [0.2, 0.25) is 0 Å². The van der Waals surface area contributed by atoms with Gasteiger partial charge in [0.15, 0.2) is 0 Å². The van der Waals surface area contributed by atoms with Crippen LogP contribution in [0.4, 0.5) is 0 Å². The number of ether oxygens (including phenoxy) is 1. The van der Waals surface area contributed by atoms with Crippen molar-refractivity contribution in [3.8, 4) is 10.6 Å². The van der Waals surface area contributed by atoms with Crippen molar-refractivity contribution in [2.45, 2.75) is 6.92 Å². The first kappa shape index (κ1) is 13.4. The third kappa shape index (κ3) is 2.40. The van der Waals surface area contributed by atoms with Crippen molar-refractivity contribution < 1.29 is 9.53 Å². The second-order valence-corrected chi connectivity index (χ2v) is 6.06. The minimum atomic E-state index is -0.514. The molecular weight excluding hydrogens is 391 g/mol. The molecule has 0 saturated heterocycles.